The van der Waals surface area contributed by atoms with Crippen LogP contribution in [0.2, 0.25) is 5.02 Å². The number of halogens is 1. The topological polar surface area (TPSA) is 122 Å². The zero-order valence-electron chi connectivity index (χ0n) is 17.7. The number of amidine groups is 1. The molecule has 8 nitrogen and oxygen atoms in total. The standard InChI is InChI=1S/C23H24ClN7O/c1-31-13-15(12-28-31)17-7-6-16(10-18(17)24)29-22(26)21-20(8-9-27-23(21)32)30-19-5-3-2-4-14(19)11-25/h6-10,12-14,19H,2-5H2,1H3,(H2,26,29)(H2,27,30,32)/t14?,19-/m0/s1. The highest BCUT2D eigenvalue weighted by molar-refractivity contribution is 6.33. The van der Waals surface area contributed by atoms with E-state index < -0.39 is 0 Å². The molecule has 9 heteroatoms. The average molecular weight is 450 g/mol. The second kappa shape index (κ2) is 9.28. The molecule has 4 N–H and O–H groups in total. The van der Waals surface area contributed by atoms with E-state index in [0.717, 1.165) is 36.8 Å². The first-order valence-corrected chi connectivity index (χ1v) is 10.9. The fourth-order valence-corrected chi connectivity index (χ4v) is 4.39. The number of nitrogens with zero attached hydrogens (tertiary/aromatic N) is 3. The second-order valence-electron chi connectivity index (χ2n) is 7.96. The van der Waals surface area contributed by atoms with Crippen molar-refractivity contribution in [1.29, 1.82) is 10.7 Å². The third kappa shape index (κ3) is 4.53. The van der Waals surface area contributed by atoms with Gasteiger partial charge in [-0.25, -0.2) is 0 Å². The highest BCUT2D eigenvalue weighted by Gasteiger charge is 2.26. The van der Waals surface area contributed by atoms with E-state index in [4.69, 9.17) is 17.0 Å². The summed E-state index contributed by atoms with van der Waals surface area (Å²) in [7, 11) is 1.84. The number of aryl methyl sites for hydroxylation is 1. The summed E-state index contributed by atoms with van der Waals surface area (Å²) in [4.78, 5) is 15.2. The van der Waals surface area contributed by atoms with Crippen LogP contribution in [0.25, 0.3) is 11.1 Å². The summed E-state index contributed by atoms with van der Waals surface area (Å²) < 4.78 is 1.70. The molecule has 4 rings (SSSR count). The Morgan fingerprint density at radius 3 is 2.88 bits per heavy atom. The van der Waals surface area contributed by atoms with E-state index >= 15 is 0 Å². The van der Waals surface area contributed by atoms with Crippen LogP contribution >= 0.6 is 11.6 Å². The number of anilines is 2. The molecule has 3 aromatic rings. The summed E-state index contributed by atoms with van der Waals surface area (Å²) in [5.41, 5.74) is 2.67. The van der Waals surface area contributed by atoms with Crippen LogP contribution in [0.3, 0.4) is 0 Å². The molecule has 164 valence electrons. The van der Waals surface area contributed by atoms with Crippen molar-refractivity contribution in [2.24, 2.45) is 13.0 Å². The lowest BCUT2D eigenvalue weighted by Crippen LogP contribution is -2.34. The van der Waals surface area contributed by atoms with Gasteiger partial charge in [0.1, 0.15) is 11.4 Å². The summed E-state index contributed by atoms with van der Waals surface area (Å²) in [5, 5.41) is 29.0. The smallest absolute Gasteiger partial charge is 0.261 e. The Hall–Kier alpha value is -3.57. The van der Waals surface area contributed by atoms with Crippen molar-refractivity contribution < 1.29 is 0 Å². The van der Waals surface area contributed by atoms with Crippen LogP contribution in [0, 0.1) is 22.7 Å². The number of nitrogens with one attached hydrogen (secondary N) is 4. The Morgan fingerprint density at radius 1 is 1.34 bits per heavy atom. The van der Waals surface area contributed by atoms with E-state index in [1.165, 1.54) is 0 Å². The molecule has 2 heterocycles. The van der Waals surface area contributed by atoms with Crippen molar-refractivity contribution in [3.05, 3.63) is 63.8 Å². The summed E-state index contributed by atoms with van der Waals surface area (Å²) in [5.74, 6) is -0.166. The number of aromatic amines is 1. The number of rotatable bonds is 5. The van der Waals surface area contributed by atoms with Gasteiger partial charge < -0.3 is 15.6 Å². The lowest BCUT2D eigenvalue weighted by Gasteiger charge is -2.29. The number of hydrogen-bond donors (Lipinski definition) is 4. The van der Waals surface area contributed by atoms with Crippen LogP contribution in [0.1, 0.15) is 31.2 Å². The average Bonchev–Trinajstić information content (AvgIpc) is 3.20. The first kappa shape index (κ1) is 21.7. The summed E-state index contributed by atoms with van der Waals surface area (Å²) >= 11 is 6.47. The molecular weight excluding hydrogens is 426 g/mol. The molecular formula is C23H24ClN7O. The molecule has 32 heavy (non-hydrogen) atoms. The van der Waals surface area contributed by atoms with E-state index in [2.05, 4.69) is 26.8 Å². The summed E-state index contributed by atoms with van der Waals surface area (Å²) in [6.45, 7) is 0. The maximum absolute atomic E-state index is 12.6. The van der Waals surface area contributed by atoms with Gasteiger partial charge in [-0.15, -0.1) is 0 Å². The predicted octanol–water partition coefficient (Wildman–Crippen LogP) is 4.36. The summed E-state index contributed by atoms with van der Waals surface area (Å²) in [6.07, 6.45) is 8.92. The van der Waals surface area contributed by atoms with E-state index in [9.17, 15) is 10.1 Å². The van der Waals surface area contributed by atoms with Crippen LogP contribution in [0.15, 0.2) is 47.7 Å². The van der Waals surface area contributed by atoms with Gasteiger partial charge in [-0.2, -0.15) is 10.4 Å². The SMILES string of the molecule is Cn1cc(-c2ccc(NC(=N)c3c(N[C@H]4CCCCC4C#N)cc[nH]c3=O)cc2Cl)cn1. The van der Waals surface area contributed by atoms with E-state index in [1.807, 2.05) is 19.3 Å². The number of H-pyrrole nitrogens is 1. The van der Waals surface area contributed by atoms with Crippen LogP contribution in [-0.4, -0.2) is 26.6 Å². The lowest BCUT2D eigenvalue weighted by molar-refractivity contribution is 0.388. The van der Waals surface area contributed by atoms with E-state index in [-0.39, 0.29) is 28.9 Å². The fourth-order valence-electron chi connectivity index (χ4n) is 4.10. The van der Waals surface area contributed by atoms with Crippen LogP contribution in [-0.2, 0) is 7.05 Å². The van der Waals surface area contributed by atoms with Crippen molar-refractivity contribution in [2.75, 3.05) is 10.6 Å². The van der Waals surface area contributed by atoms with Gasteiger partial charge in [-0.3, -0.25) is 14.9 Å². The highest BCUT2D eigenvalue weighted by Crippen LogP contribution is 2.31. The first-order chi connectivity index (χ1) is 15.5. The first-order valence-electron chi connectivity index (χ1n) is 10.5. The molecule has 1 aromatic carbocycles. The molecule has 1 saturated carbocycles. The maximum Gasteiger partial charge on any atom is 0.261 e. The third-order valence-corrected chi connectivity index (χ3v) is 6.05. The van der Waals surface area contributed by atoms with Gasteiger partial charge in [0.05, 0.1) is 28.9 Å². The van der Waals surface area contributed by atoms with Gasteiger partial charge in [0.15, 0.2) is 0 Å². The summed E-state index contributed by atoms with van der Waals surface area (Å²) in [6, 6.07) is 9.42. The normalized spacial score (nSPS) is 18.0. The largest absolute Gasteiger partial charge is 0.380 e. The minimum Gasteiger partial charge on any atom is -0.380 e. The number of nitriles is 1. The van der Waals surface area contributed by atoms with Gasteiger partial charge >= 0.3 is 0 Å². The van der Waals surface area contributed by atoms with Crippen LogP contribution < -0.4 is 16.2 Å². The van der Waals surface area contributed by atoms with Crippen molar-refractivity contribution in [2.45, 2.75) is 31.7 Å². The van der Waals surface area contributed by atoms with Crippen LogP contribution in [0.5, 0.6) is 0 Å². The van der Waals surface area contributed by atoms with Gasteiger partial charge in [0.25, 0.3) is 5.56 Å². The Kier molecular flexibility index (Phi) is 6.28. The highest BCUT2D eigenvalue weighted by atomic mass is 35.5. The van der Waals surface area contributed by atoms with Crippen molar-refractivity contribution in [1.82, 2.24) is 14.8 Å². The molecule has 1 fully saturated rings. The predicted molar refractivity (Wildman–Crippen MR) is 126 cm³/mol. The molecule has 0 spiro atoms. The second-order valence-corrected chi connectivity index (χ2v) is 8.37. The quantitative estimate of drug-likeness (QED) is 0.340. The molecule has 0 saturated heterocycles. The third-order valence-electron chi connectivity index (χ3n) is 5.74. The minimum atomic E-state index is -0.380. The van der Waals surface area contributed by atoms with Crippen LogP contribution in [0.4, 0.5) is 11.4 Å². The minimum absolute atomic E-state index is 0.0460. The Bertz CT molecular complexity index is 1240. The molecule has 1 aliphatic carbocycles. The maximum atomic E-state index is 12.6. The molecule has 0 bridgehead atoms. The van der Waals surface area contributed by atoms with E-state index in [0.29, 0.717) is 16.4 Å². The number of hydrogen-bond acceptors (Lipinski definition) is 5. The molecule has 0 aliphatic heterocycles. The molecule has 1 unspecified atom stereocenters. The molecule has 1 aliphatic rings. The fraction of sp³-hybridized carbons (Fsp3) is 0.304. The van der Waals surface area contributed by atoms with Gasteiger partial charge in [-0.05, 0) is 31.0 Å². The Labute approximate surface area is 190 Å². The van der Waals surface area contributed by atoms with E-state index in [1.54, 1.807) is 35.3 Å². The Morgan fingerprint density at radius 2 is 2.16 bits per heavy atom. The zero-order chi connectivity index (χ0) is 22.7. The number of aromatic nitrogens is 3. The Balaban J connectivity index is 1.57. The number of benzene rings is 1. The van der Waals surface area contributed by atoms with Crippen molar-refractivity contribution in [3.8, 4) is 17.2 Å². The lowest BCUT2D eigenvalue weighted by atomic mass is 9.85. The molecule has 0 radical (unpaired) electrons. The van der Waals surface area contributed by atoms with Crippen molar-refractivity contribution >= 4 is 28.8 Å². The zero-order valence-corrected chi connectivity index (χ0v) is 18.4. The monoisotopic (exact) mass is 449 g/mol. The van der Waals surface area contributed by atoms with Gasteiger partial charge in [0, 0.05) is 42.3 Å². The van der Waals surface area contributed by atoms with Crippen molar-refractivity contribution in [3.63, 3.8) is 0 Å². The number of pyridine rings is 1. The van der Waals surface area contributed by atoms with Gasteiger partial charge in [-0.1, -0.05) is 30.5 Å². The van der Waals surface area contributed by atoms with Gasteiger partial charge in [0.2, 0.25) is 0 Å². The molecule has 2 aromatic heterocycles. The molecule has 0 amide bonds. The molecule has 2 atom stereocenters.